The Morgan fingerprint density at radius 3 is 2.46 bits per heavy atom. The molecule has 0 atom stereocenters. The van der Waals surface area contributed by atoms with Crippen molar-refractivity contribution in [3.63, 3.8) is 0 Å². The van der Waals surface area contributed by atoms with Gasteiger partial charge in [0.2, 0.25) is 0 Å². The van der Waals surface area contributed by atoms with E-state index in [1.165, 1.54) is 16.7 Å². The van der Waals surface area contributed by atoms with Gasteiger partial charge in [-0.15, -0.1) is 0 Å². The SMILES string of the molecule is FCC(F)(F)c1nc2cc(Cl)c(Cl)cc2n1Cc1ccccc1Br. The van der Waals surface area contributed by atoms with Crippen molar-refractivity contribution in [3.05, 3.63) is 62.3 Å². The molecule has 0 N–H and O–H groups in total. The van der Waals surface area contributed by atoms with Gasteiger partial charge in [-0.25, -0.2) is 9.37 Å². The predicted molar refractivity (Wildman–Crippen MR) is 92.9 cm³/mol. The van der Waals surface area contributed by atoms with Crippen molar-refractivity contribution < 1.29 is 13.2 Å². The molecule has 0 aliphatic heterocycles. The predicted octanol–water partition coefficient (Wildman–Crippen LogP) is 6.22. The maximum absolute atomic E-state index is 14.1. The molecular weight excluding hydrogens is 428 g/mol. The van der Waals surface area contributed by atoms with Gasteiger partial charge in [-0.05, 0) is 23.8 Å². The average Bonchev–Trinajstić information content (AvgIpc) is 2.89. The number of halogens is 6. The van der Waals surface area contributed by atoms with Gasteiger partial charge in [0, 0.05) is 4.47 Å². The van der Waals surface area contributed by atoms with E-state index >= 15 is 0 Å². The van der Waals surface area contributed by atoms with Crippen LogP contribution in [0, 0.1) is 0 Å². The van der Waals surface area contributed by atoms with Gasteiger partial charge >= 0.3 is 5.92 Å². The van der Waals surface area contributed by atoms with Crippen LogP contribution in [0.3, 0.4) is 0 Å². The highest BCUT2D eigenvalue weighted by Crippen LogP contribution is 2.35. The second-order valence-electron chi connectivity index (χ2n) is 5.21. The highest BCUT2D eigenvalue weighted by Gasteiger charge is 2.38. The van der Waals surface area contributed by atoms with Crippen LogP contribution in [0.15, 0.2) is 40.9 Å². The van der Waals surface area contributed by atoms with E-state index in [2.05, 4.69) is 20.9 Å². The van der Waals surface area contributed by atoms with Crippen molar-refractivity contribution in [2.24, 2.45) is 0 Å². The second kappa shape index (κ2) is 6.58. The monoisotopic (exact) mass is 436 g/mol. The summed E-state index contributed by atoms with van der Waals surface area (Å²) in [5, 5.41) is 0.414. The van der Waals surface area contributed by atoms with Crippen molar-refractivity contribution in [3.8, 4) is 0 Å². The van der Waals surface area contributed by atoms with Crippen LogP contribution >= 0.6 is 39.1 Å². The van der Waals surface area contributed by atoms with Gasteiger partial charge in [-0.3, -0.25) is 0 Å². The van der Waals surface area contributed by atoms with Crippen molar-refractivity contribution in [1.29, 1.82) is 0 Å². The van der Waals surface area contributed by atoms with E-state index < -0.39 is 18.4 Å². The van der Waals surface area contributed by atoms with E-state index in [0.29, 0.717) is 5.52 Å². The van der Waals surface area contributed by atoms with Gasteiger partial charge in [0.15, 0.2) is 12.5 Å². The Labute approximate surface area is 154 Å². The van der Waals surface area contributed by atoms with Crippen molar-refractivity contribution in [2.75, 3.05) is 6.67 Å². The third kappa shape index (κ3) is 3.15. The van der Waals surface area contributed by atoms with Gasteiger partial charge in [0.25, 0.3) is 0 Å². The minimum absolute atomic E-state index is 0.0841. The lowest BCUT2D eigenvalue weighted by atomic mass is 10.2. The molecule has 0 bridgehead atoms. The molecule has 0 aliphatic carbocycles. The number of hydrogen-bond acceptors (Lipinski definition) is 1. The number of benzene rings is 2. The zero-order valence-electron chi connectivity index (χ0n) is 12.0. The number of nitrogens with zero attached hydrogens (tertiary/aromatic N) is 2. The molecule has 1 heterocycles. The van der Waals surface area contributed by atoms with Crippen LogP contribution in [0.4, 0.5) is 13.2 Å². The Morgan fingerprint density at radius 2 is 1.79 bits per heavy atom. The molecule has 126 valence electrons. The normalized spacial score (nSPS) is 12.1. The molecule has 0 spiro atoms. The second-order valence-corrected chi connectivity index (χ2v) is 6.87. The molecule has 0 radical (unpaired) electrons. The Hall–Kier alpha value is -1.24. The maximum Gasteiger partial charge on any atom is 0.332 e. The maximum atomic E-state index is 14.1. The Kier molecular flexibility index (Phi) is 4.82. The van der Waals surface area contributed by atoms with Gasteiger partial charge in [-0.1, -0.05) is 57.3 Å². The fraction of sp³-hybridized carbons (Fsp3) is 0.188. The molecule has 0 amide bonds. The van der Waals surface area contributed by atoms with Crippen LogP contribution in [0.5, 0.6) is 0 Å². The van der Waals surface area contributed by atoms with Crippen molar-refractivity contribution >= 4 is 50.2 Å². The topological polar surface area (TPSA) is 17.8 Å². The largest absolute Gasteiger partial charge is 0.332 e. The van der Waals surface area contributed by atoms with Gasteiger partial charge in [0.05, 0.1) is 27.6 Å². The third-order valence-electron chi connectivity index (χ3n) is 3.57. The quantitative estimate of drug-likeness (QED) is 0.474. The first-order valence-electron chi connectivity index (χ1n) is 6.86. The Balaban J connectivity index is 2.24. The highest BCUT2D eigenvalue weighted by molar-refractivity contribution is 9.10. The summed E-state index contributed by atoms with van der Waals surface area (Å²) >= 11 is 15.3. The molecule has 0 fully saturated rings. The van der Waals surface area contributed by atoms with E-state index in [1.54, 1.807) is 18.2 Å². The van der Waals surface area contributed by atoms with Gasteiger partial charge < -0.3 is 4.57 Å². The smallest absolute Gasteiger partial charge is 0.318 e. The minimum Gasteiger partial charge on any atom is -0.318 e. The zero-order valence-corrected chi connectivity index (χ0v) is 15.1. The molecule has 0 saturated heterocycles. The third-order valence-corrected chi connectivity index (χ3v) is 5.07. The lowest BCUT2D eigenvalue weighted by Gasteiger charge is -2.16. The lowest BCUT2D eigenvalue weighted by Crippen LogP contribution is -2.22. The summed E-state index contributed by atoms with van der Waals surface area (Å²) in [6, 6.07) is 10.0. The first kappa shape index (κ1) is 17.6. The molecular formula is C16H10BrCl2F3N2. The Bertz CT molecular complexity index is 912. The van der Waals surface area contributed by atoms with E-state index in [1.807, 2.05) is 6.07 Å². The number of alkyl halides is 3. The standard InChI is InChI=1S/C16H10BrCl2F3N2/c17-10-4-2-1-3-9(10)7-24-14-6-12(19)11(18)5-13(14)23-15(24)16(21,22)8-20/h1-6H,7-8H2. The van der Waals surface area contributed by atoms with E-state index in [9.17, 15) is 13.2 Å². The van der Waals surface area contributed by atoms with Crippen LogP contribution in [-0.2, 0) is 12.5 Å². The number of rotatable bonds is 4. The van der Waals surface area contributed by atoms with Crippen LogP contribution in [0.25, 0.3) is 11.0 Å². The molecule has 0 aliphatic rings. The summed E-state index contributed by atoms with van der Waals surface area (Å²) in [5.74, 6) is -4.37. The highest BCUT2D eigenvalue weighted by atomic mass is 79.9. The molecule has 0 saturated carbocycles. The van der Waals surface area contributed by atoms with Crippen LogP contribution in [0.1, 0.15) is 11.4 Å². The van der Waals surface area contributed by atoms with Crippen LogP contribution in [0.2, 0.25) is 10.0 Å². The lowest BCUT2D eigenvalue weighted by molar-refractivity contribution is -0.0388. The fourth-order valence-corrected chi connectivity index (χ4v) is 3.14. The summed E-state index contributed by atoms with van der Waals surface area (Å²) in [6.45, 7) is -1.76. The van der Waals surface area contributed by atoms with E-state index in [4.69, 9.17) is 23.2 Å². The van der Waals surface area contributed by atoms with E-state index in [-0.39, 0.29) is 22.1 Å². The number of aromatic nitrogens is 2. The first-order valence-corrected chi connectivity index (χ1v) is 8.41. The molecule has 0 unspecified atom stereocenters. The molecule has 1 aromatic heterocycles. The van der Waals surface area contributed by atoms with Crippen LogP contribution in [-0.4, -0.2) is 16.2 Å². The summed E-state index contributed by atoms with van der Waals surface area (Å²) in [4.78, 5) is 3.90. The minimum atomic E-state index is -3.71. The zero-order chi connectivity index (χ0) is 17.5. The summed E-state index contributed by atoms with van der Waals surface area (Å²) in [7, 11) is 0. The van der Waals surface area contributed by atoms with E-state index in [0.717, 1.165) is 10.0 Å². The molecule has 24 heavy (non-hydrogen) atoms. The molecule has 2 nitrogen and oxygen atoms in total. The summed E-state index contributed by atoms with van der Waals surface area (Å²) in [6.07, 6.45) is 0. The molecule has 8 heteroatoms. The Morgan fingerprint density at radius 1 is 1.12 bits per heavy atom. The average molecular weight is 438 g/mol. The van der Waals surface area contributed by atoms with Crippen molar-refractivity contribution in [2.45, 2.75) is 12.5 Å². The molecule has 2 aromatic carbocycles. The van der Waals surface area contributed by atoms with Crippen LogP contribution < -0.4 is 0 Å². The van der Waals surface area contributed by atoms with Gasteiger partial charge in [0.1, 0.15) is 0 Å². The molecule has 3 rings (SSSR count). The fourth-order valence-electron chi connectivity index (χ4n) is 2.42. The number of hydrogen-bond donors (Lipinski definition) is 0. The summed E-state index contributed by atoms with van der Waals surface area (Å²) < 4.78 is 43.0. The summed E-state index contributed by atoms with van der Waals surface area (Å²) in [5.41, 5.74) is 1.35. The number of fused-ring (bicyclic) bond motifs is 1. The molecule has 3 aromatic rings. The number of imidazole rings is 1. The first-order chi connectivity index (χ1) is 11.3. The van der Waals surface area contributed by atoms with Gasteiger partial charge in [-0.2, -0.15) is 8.78 Å². The van der Waals surface area contributed by atoms with Crippen molar-refractivity contribution in [1.82, 2.24) is 9.55 Å².